The number of benzene rings is 2. The van der Waals surface area contributed by atoms with Crippen LogP contribution in [0.4, 0.5) is 4.79 Å². The van der Waals surface area contributed by atoms with Crippen LogP contribution in [0.25, 0.3) is 5.69 Å². The highest BCUT2D eigenvalue weighted by Gasteiger charge is 2.31. The Kier molecular flexibility index (Phi) is 5.23. The number of carbonyl (C=O) groups is 1. The fourth-order valence-electron chi connectivity index (χ4n) is 3.11. The molecule has 0 aliphatic heterocycles. The van der Waals surface area contributed by atoms with E-state index < -0.39 is 0 Å². The molecule has 1 fully saturated rings. The first kappa shape index (κ1) is 18.0. The van der Waals surface area contributed by atoms with Gasteiger partial charge in [0, 0.05) is 19.0 Å². The highest BCUT2D eigenvalue weighted by Crippen LogP contribution is 2.39. The van der Waals surface area contributed by atoms with Crippen molar-refractivity contribution in [1.82, 2.24) is 25.0 Å². The van der Waals surface area contributed by atoms with Crippen LogP contribution >= 0.6 is 0 Å². The van der Waals surface area contributed by atoms with Crippen LogP contribution < -0.4 is 16.3 Å². The Morgan fingerprint density at radius 1 is 1.00 bits per heavy atom. The molecule has 2 N–H and O–H groups in total. The molecular formula is C21H23N5O2. The van der Waals surface area contributed by atoms with Crippen LogP contribution in [0.15, 0.2) is 65.5 Å². The maximum atomic E-state index is 12.8. The van der Waals surface area contributed by atoms with Crippen molar-refractivity contribution in [2.75, 3.05) is 6.54 Å². The molecule has 0 unspecified atom stereocenters. The van der Waals surface area contributed by atoms with E-state index >= 15 is 0 Å². The van der Waals surface area contributed by atoms with E-state index in [9.17, 15) is 9.59 Å². The molecule has 0 spiro atoms. The van der Waals surface area contributed by atoms with Gasteiger partial charge in [0.2, 0.25) is 0 Å². The van der Waals surface area contributed by atoms with Crippen LogP contribution in [0, 0.1) is 0 Å². The van der Waals surface area contributed by atoms with E-state index in [-0.39, 0.29) is 11.7 Å². The van der Waals surface area contributed by atoms with E-state index in [1.54, 1.807) is 4.57 Å². The van der Waals surface area contributed by atoms with Gasteiger partial charge in [-0.1, -0.05) is 48.5 Å². The summed E-state index contributed by atoms with van der Waals surface area (Å²) in [5.41, 5.74) is 1.69. The summed E-state index contributed by atoms with van der Waals surface area (Å²) >= 11 is 0. The van der Waals surface area contributed by atoms with Gasteiger partial charge in [-0.15, -0.1) is 0 Å². The molecule has 0 radical (unpaired) electrons. The molecule has 7 heteroatoms. The number of rotatable bonds is 7. The minimum Gasteiger partial charge on any atom is -0.336 e. The number of urea groups is 1. The molecule has 2 aromatic carbocycles. The Morgan fingerprint density at radius 3 is 2.36 bits per heavy atom. The van der Waals surface area contributed by atoms with Gasteiger partial charge in [-0.3, -0.25) is 0 Å². The molecule has 1 heterocycles. The van der Waals surface area contributed by atoms with Gasteiger partial charge in [0.05, 0.1) is 12.2 Å². The first-order chi connectivity index (χ1) is 13.7. The first-order valence-electron chi connectivity index (χ1n) is 9.53. The zero-order chi connectivity index (χ0) is 19.3. The average Bonchev–Trinajstić information content (AvgIpc) is 3.52. The molecule has 3 aromatic rings. The number of hydrogen-bond donors (Lipinski definition) is 2. The summed E-state index contributed by atoms with van der Waals surface area (Å²) in [4.78, 5) is 24.8. The highest BCUT2D eigenvalue weighted by molar-refractivity contribution is 5.73. The van der Waals surface area contributed by atoms with E-state index in [4.69, 9.17) is 0 Å². The minimum absolute atomic E-state index is 0.167. The Balaban J connectivity index is 1.37. The summed E-state index contributed by atoms with van der Waals surface area (Å²) < 4.78 is 3.13. The van der Waals surface area contributed by atoms with Crippen LogP contribution in [0.3, 0.4) is 0 Å². The fourth-order valence-corrected chi connectivity index (χ4v) is 3.11. The average molecular weight is 377 g/mol. The predicted octanol–water partition coefficient (Wildman–Crippen LogP) is 2.41. The van der Waals surface area contributed by atoms with Crippen LogP contribution in [0.1, 0.15) is 30.1 Å². The standard InChI is InChI=1S/C21H23N5O2/c27-20(23-15-16-7-3-1-4-8-16)22-13-14-25-21(28)26(18-9-5-2-6-10-18)19(24-25)17-11-12-17/h1-10,17H,11-15H2,(H2,22,23,27). The minimum atomic E-state index is -0.262. The molecule has 1 aliphatic rings. The second-order valence-corrected chi connectivity index (χ2v) is 6.90. The van der Waals surface area contributed by atoms with Crippen LogP contribution in [-0.4, -0.2) is 26.9 Å². The Labute approximate surface area is 163 Å². The van der Waals surface area contributed by atoms with Crippen LogP contribution in [-0.2, 0) is 13.1 Å². The van der Waals surface area contributed by atoms with Crippen molar-refractivity contribution in [3.8, 4) is 5.69 Å². The SMILES string of the molecule is O=C(NCCn1nc(C2CC2)n(-c2ccccc2)c1=O)NCc1ccccc1. The van der Waals surface area contributed by atoms with E-state index in [1.807, 2.05) is 60.7 Å². The van der Waals surface area contributed by atoms with Crippen LogP contribution in [0.2, 0.25) is 0 Å². The number of hydrogen-bond acceptors (Lipinski definition) is 3. The van der Waals surface area contributed by atoms with Gasteiger partial charge in [0.25, 0.3) is 0 Å². The number of carbonyl (C=O) groups excluding carboxylic acids is 1. The Morgan fingerprint density at radius 2 is 1.68 bits per heavy atom. The van der Waals surface area contributed by atoms with Crippen molar-refractivity contribution in [3.63, 3.8) is 0 Å². The maximum absolute atomic E-state index is 12.8. The van der Waals surface area contributed by atoms with Gasteiger partial charge in [-0.05, 0) is 30.5 Å². The first-order valence-corrected chi connectivity index (χ1v) is 9.53. The number of amides is 2. The second-order valence-electron chi connectivity index (χ2n) is 6.90. The van der Waals surface area contributed by atoms with Crippen molar-refractivity contribution >= 4 is 6.03 Å². The third-order valence-electron chi connectivity index (χ3n) is 4.73. The molecule has 7 nitrogen and oxygen atoms in total. The number of nitrogens with zero attached hydrogens (tertiary/aromatic N) is 3. The van der Waals surface area contributed by atoms with Gasteiger partial charge < -0.3 is 10.6 Å². The number of aromatic nitrogens is 3. The third-order valence-corrected chi connectivity index (χ3v) is 4.73. The van der Waals surface area contributed by atoms with E-state index in [1.165, 1.54) is 4.68 Å². The highest BCUT2D eigenvalue weighted by atomic mass is 16.2. The number of nitrogens with one attached hydrogen (secondary N) is 2. The summed E-state index contributed by atoms with van der Waals surface area (Å²) in [6, 6.07) is 19.0. The summed E-state index contributed by atoms with van der Waals surface area (Å²) in [5.74, 6) is 1.15. The van der Waals surface area contributed by atoms with Gasteiger partial charge in [-0.2, -0.15) is 5.10 Å². The lowest BCUT2D eigenvalue weighted by molar-refractivity contribution is 0.240. The monoisotopic (exact) mass is 377 g/mol. The van der Waals surface area contributed by atoms with Crippen molar-refractivity contribution in [2.24, 2.45) is 0 Å². The molecule has 28 heavy (non-hydrogen) atoms. The third kappa shape index (κ3) is 4.14. The Hall–Kier alpha value is -3.35. The van der Waals surface area contributed by atoms with Gasteiger partial charge in [0.1, 0.15) is 5.82 Å². The predicted molar refractivity (Wildman–Crippen MR) is 106 cm³/mol. The topological polar surface area (TPSA) is 81.0 Å². The van der Waals surface area contributed by atoms with E-state index in [0.717, 1.165) is 29.9 Å². The van der Waals surface area contributed by atoms with Gasteiger partial charge in [-0.25, -0.2) is 18.8 Å². The summed E-state index contributed by atoms with van der Waals surface area (Å²) in [5, 5.41) is 10.1. The molecular weight excluding hydrogens is 354 g/mol. The lowest BCUT2D eigenvalue weighted by atomic mass is 10.2. The lowest BCUT2D eigenvalue weighted by Crippen LogP contribution is -2.38. The van der Waals surface area contributed by atoms with Crippen molar-refractivity contribution < 1.29 is 4.79 Å². The normalized spacial score (nSPS) is 13.3. The van der Waals surface area contributed by atoms with Crippen molar-refractivity contribution in [3.05, 3.63) is 82.5 Å². The molecule has 0 bridgehead atoms. The molecule has 2 amide bonds. The van der Waals surface area contributed by atoms with Crippen molar-refractivity contribution in [1.29, 1.82) is 0 Å². The molecule has 144 valence electrons. The number of para-hydroxylation sites is 1. The zero-order valence-electron chi connectivity index (χ0n) is 15.5. The summed E-state index contributed by atoms with van der Waals surface area (Å²) in [6.07, 6.45) is 2.12. The van der Waals surface area contributed by atoms with Gasteiger partial charge in [0.15, 0.2) is 0 Å². The maximum Gasteiger partial charge on any atom is 0.350 e. The summed E-state index contributed by atoms with van der Waals surface area (Å²) in [6.45, 7) is 1.12. The second kappa shape index (κ2) is 8.12. The Bertz CT molecular complexity index is 991. The van der Waals surface area contributed by atoms with E-state index in [2.05, 4.69) is 15.7 Å². The molecule has 4 rings (SSSR count). The largest absolute Gasteiger partial charge is 0.350 e. The van der Waals surface area contributed by atoms with E-state index in [0.29, 0.717) is 25.6 Å². The summed E-state index contributed by atoms with van der Waals surface area (Å²) in [7, 11) is 0. The van der Waals surface area contributed by atoms with Gasteiger partial charge >= 0.3 is 11.7 Å². The zero-order valence-corrected chi connectivity index (χ0v) is 15.5. The van der Waals surface area contributed by atoms with Crippen LogP contribution in [0.5, 0.6) is 0 Å². The quantitative estimate of drug-likeness (QED) is 0.663. The van der Waals surface area contributed by atoms with Crippen molar-refractivity contribution in [2.45, 2.75) is 31.8 Å². The molecule has 0 saturated heterocycles. The smallest absolute Gasteiger partial charge is 0.336 e. The molecule has 1 aliphatic carbocycles. The fraction of sp³-hybridized carbons (Fsp3) is 0.286. The molecule has 1 saturated carbocycles. The lowest BCUT2D eigenvalue weighted by Gasteiger charge is -2.07. The molecule has 0 atom stereocenters. The molecule has 1 aromatic heterocycles.